The average molecular weight is 368 g/mol. The van der Waals surface area contributed by atoms with E-state index >= 15 is 0 Å². The van der Waals surface area contributed by atoms with Crippen LogP contribution < -0.4 is 5.32 Å². The molecule has 0 heterocycles. The molecule has 0 saturated heterocycles. The summed E-state index contributed by atoms with van der Waals surface area (Å²) in [5.74, 6) is -1.17. The number of aliphatic hydroxyl groups excluding tert-OH is 1. The number of ether oxygens (including phenoxy) is 2. The maximum Gasteiger partial charge on any atom is 0.147 e. The molecule has 21 heavy (non-hydrogen) atoms. The zero-order chi connectivity index (χ0) is 15.8. The molecule has 0 aliphatic heterocycles. The van der Waals surface area contributed by atoms with Crippen LogP contribution in [-0.2, 0) is 9.47 Å². The zero-order valence-electron chi connectivity index (χ0n) is 12.0. The summed E-state index contributed by atoms with van der Waals surface area (Å²) in [6, 6.07) is 2.06. The molecule has 0 saturated carbocycles. The standard InChI is InChI=1S/C14H20BrF2NO3/c1-9(2)21-4-3-20-8-10(19)7-18-14-6-12(16)11(15)5-13(14)17/h5-6,9-10,18-19H,3-4,7-8H2,1-2H3. The first-order valence-corrected chi connectivity index (χ1v) is 7.45. The summed E-state index contributed by atoms with van der Waals surface area (Å²) in [6.07, 6.45) is -0.689. The first-order valence-electron chi connectivity index (χ1n) is 6.66. The Kier molecular flexibility index (Phi) is 8.10. The van der Waals surface area contributed by atoms with Gasteiger partial charge in [-0.1, -0.05) is 0 Å². The van der Waals surface area contributed by atoms with Crippen LogP contribution >= 0.6 is 15.9 Å². The fourth-order valence-corrected chi connectivity index (χ4v) is 1.82. The first-order chi connectivity index (χ1) is 9.90. The van der Waals surface area contributed by atoms with E-state index in [-0.39, 0.29) is 29.4 Å². The van der Waals surface area contributed by atoms with Crippen molar-refractivity contribution >= 4 is 21.6 Å². The van der Waals surface area contributed by atoms with Gasteiger partial charge in [-0.15, -0.1) is 0 Å². The minimum absolute atomic E-state index is 0.00195. The van der Waals surface area contributed by atoms with Gasteiger partial charge in [-0.05, 0) is 35.8 Å². The molecule has 4 nitrogen and oxygen atoms in total. The van der Waals surface area contributed by atoms with Crippen LogP contribution in [0.15, 0.2) is 16.6 Å². The Morgan fingerprint density at radius 2 is 1.95 bits per heavy atom. The molecular formula is C14H20BrF2NO3. The first kappa shape index (κ1) is 18.3. The number of hydrogen-bond donors (Lipinski definition) is 2. The lowest BCUT2D eigenvalue weighted by molar-refractivity contribution is -0.00735. The Hall–Kier alpha value is -0.760. The maximum atomic E-state index is 13.5. The number of aliphatic hydroxyl groups is 1. The van der Waals surface area contributed by atoms with E-state index in [0.717, 1.165) is 12.1 Å². The van der Waals surface area contributed by atoms with Crippen molar-refractivity contribution < 1.29 is 23.4 Å². The topological polar surface area (TPSA) is 50.7 Å². The second-order valence-electron chi connectivity index (χ2n) is 4.78. The fraction of sp³-hybridized carbons (Fsp3) is 0.571. The summed E-state index contributed by atoms with van der Waals surface area (Å²) in [7, 11) is 0. The lowest BCUT2D eigenvalue weighted by Gasteiger charge is -2.14. The van der Waals surface area contributed by atoms with Crippen LogP contribution in [0.25, 0.3) is 0 Å². The highest BCUT2D eigenvalue weighted by molar-refractivity contribution is 9.10. The van der Waals surface area contributed by atoms with Crippen LogP contribution in [0.1, 0.15) is 13.8 Å². The minimum Gasteiger partial charge on any atom is -0.389 e. The van der Waals surface area contributed by atoms with E-state index in [4.69, 9.17) is 9.47 Å². The molecule has 0 bridgehead atoms. The van der Waals surface area contributed by atoms with Crippen LogP contribution in [0.3, 0.4) is 0 Å². The molecule has 2 N–H and O–H groups in total. The van der Waals surface area contributed by atoms with Crippen molar-refractivity contribution in [2.75, 3.05) is 31.7 Å². The smallest absolute Gasteiger partial charge is 0.147 e. The summed E-state index contributed by atoms with van der Waals surface area (Å²) in [4.78, 5) is 0. The summed E-state index contributed by atoms with van der Waals surface area (Å²) in [5, 5.41) is 12.3. The van der Waals surface area contributed by atoms with Gasteiger partial charge in [-0.2, -0.15) is 0 Å². The predicted molar refractivity (Wildman–Crippen MR) is 80.5 cm³/mol. The second-order valence-corrected chi connectivity index (χ2v) is 5.63. The lowest BCUT2D eigenvalue weighted by Crippen LogP contribution is -2.26. The Bertz CT molecular complexity index is 446. The van der Waals surface area contributed by atoms with Crippen molar-refractivity contribution in [1.29, 1.82) is 0 Å². The van der Waals surface area contributed by atoms with E-state index in [9.17, 15) is 13.9 Å². The molecule has 7 heteroatoms. The summed E-state index contributed by atoms with van der Waals surface area (Å²) >= 11 is 2.90. The van der Waals surface area contributed by atoms with Crippen LogP contribution in [0.2, 0.25) is 0 Å². The number of hydrogen-bond acceptors (Lipinski definition) is 4. The number of nitrogens with one attached hydrogen (secondary N) is 1. The molecule has 1 atom stereocenters. The Labute approximate surface area is 131 Å². The van der Waals surface area contributed by atoms with Crippen LogP contribution in [0.5, 0.6) is 0 Å². The monoisotopic (exact) mass is 367 g/mol. The van der Waals surface area contributed by atoms with Crippen LogP contribution in [0.4, 0.5) is 14.5 Å². The Morgan fingerprint density at radius 1 is 1.24 bits per heavy atom. The van der Waals surface area contributed by atoms with Crippen molar-refractivity contribution in [1.82, 2.24) is 0 Å². The second kappa shape index (κ2) is 9.30. The van der Waals surface area contributed by atoms with Crippen molar-refractivity contribution in [2.45, 2.75) is 26.1 Å². The van der Waals surface area contributed by atoms with Crippen molar-refractivity contribution in [3.05, 3.63) is 28.2 Å². The number of benzene rings is 1. The SMILES string of the molecule is CC(C)OCCOCC(O)CNc1cc(F)c(Br)cc1F. The average Bonchev–Trinajstić information content (AvgIpc) is 2.40. The number of rotatable bonds is 9. The largest absolute Gasteiger partial charge is 0.389 e. The van der Waals surface area contributed by atoms with Crippen molar-refractivity contribution in [3.8, 4) is 0 Å². The van der Waals surface area contributed by atoms with Gasteiger partial charge >= 0.3 is 0 Å². The maximum absolute atomic E-state index is 13.5. The number of halogens is 3. The highest BCUT2D eigenvalue weighted by Crippen LogP contribution is 2.23. The van der Waals surface area contributed by atoms with Gasteiger partial charge in [0.05, 0.1) is 42.2 Å². The van der Waals surface area contributed by atoms with Gasteiger partial charge in [0.1, 0.15) is 11.6 Å². The minimum atomic E-state index is -0.824. The van der Waals surface area contributed by atoms with E-state index < -0.39 is 17.7 Å². The highest BCUT2D eigenvalue weighted by Gasteiger charge is 2.10. The molecule has 0 aliphatic rings. The molecule has 0 aromatic heterocycles. The molecule has 1 unspecified atom stereocenters. The van der Waals surface area contributed by atoms with E-state index in [2.05, 4.69) is 21.2 Å². The molecule has 0 aliphatic carbocycles. The molecule has 1 aromatic carbocycles. The van der Waals surface area contributed by atoms with Crippen LogP contribution in [0, 0.1) is 11.6 Å². The number of anilines is 1. The van der Waals surface area contributed by atoms with E-state index in [1.807, 2.05) is 13.8 Å². The summed E-state index contributed by atoms with van der Waals surface area (Å²) < 4.78 is 37.3. The van der Waals surface area contributed by atoms with E-state index in [1.165, 1.54) is 0 Å². The highest BCUT2D eigenvalue weighted by atomic mass is 79.9. The third kappa shape index (κ3) is 7.17. The molecule has 0 amide bonds. The van der Waals surface area contributed by atoms with Gasteiger partial charge in [0.2, 0.25) is 0 Å². The van der Waals surface area contributed by atoms with Crippen LogP contribution in [-0.4, -0.2) is 43.7 Å². The fourth-order valence-electron chi connectivity index (χ4n) is 1.51. The normalized spacial score (nSPS) is 12.7. The van der Waals surface area contributed by atoms with E-state index in [0.29, 0.717) is 13.2 Å². The molecule has 1 rings (SSSR count). The van der Waals surface area contributed by atoms with Gasteiger partial charge in [-0.25, -0.2) is 8.78 Å². The zero-order valence-corrected chi connectivity index (χ0v) is 13.6. The van der Waals surface area contributed by atoms with Gasteiger partial charge in [0, 0.05) is 12.6 Å². The molecule has 0 radical (unpaired) electrons. The molecular weight excluding hydrogens is 348 g/mol. The van der Waals surface area contributed by atoms with Gasteiger partial charge in [0.15, 0.2) is 0 Å². The third-order valence-corrected chi connectivity index (χ3v) is 3.13. The quantitative estimate of drug-likeness (QED) is 0.520. The molecule has 120 valence electrons. The molecule has 0 spiro atoms. The molecule has 1 aromatic rings. The van der Waals surface area contributed by atoms with Crippen molar-refractivity contribution in [3.63, 3.8) is 0 Å². The lowest BCUT2D eigenvalue weighted by atomic mass is 10.2. The van der Waals surface area contributed by atoms with Gasteiger partial charge in [0.25, 0.3) is 0 Å². The Morgan fingerprint density at radius 3 is 2.62 bits per heavy atom. The van der Waals surface area contributed by atoms with Crippen molar-refractivity contribution in [2.24, 2.45) is 0 Å². The predicted octanol–water partition coefficient (Wildman–Crippen LogP) is 2.94. The summed E-state index contributed by atoms with van der Waals surface area (Å²) in [5.41, 5.74) is -0.00195. The van der Waals surface area contributed by atoms with Gasteiger partial charge < -0.3 is 19.9 Å². The van der Waals surface area contributed by atoms with E-state index in [1.54, 1.807) is 0 Å². The summed E-state index contributed by atoms with van der Waals surface area (Å²) in [6.45, 7) is 4.81. The van der Waals surface area contributed by atoms with Gasteiger partial charge in [-0.3, -0.25) is 0 Å². The molecule has 0 fully saturated rings. The third-order valence-electron chi connectivity index (χ3n) is 2.53. The Balaban J connectivity index is 2.27.